The molecule has 0 aliphatic carbocycles. The van der Waals surface area contributed by atoms with Crippen molar-refractivity contribution in [3.63, 3.8) is 0 Å². The van der Waals surface area contributed by atoms with Gasteiger partial charge < -0.3 is 9.96 Å². The first-order chi connectivity index (χ1) is 4.83. The minimum atomic E-state index is -1.19. The summed E-state index contributed by atoms with van der Waals surface area (Å²) in [6, 6.07) is 1.24. The van der Waals surface area contributed by atoms with Gasteiger partial charge in [-0.3, -0.25) is 0 Å². The molecule has 0 aromatic rings. The Hall–Kier alpha value is 0.354. The minimum Gasteiger partial charge on any atom is -0.326 e. The van der Waals surface area contributed by atoms with Crippen LogP contribution in [0.2, 0.25) is 6.55 Å². The maximum absolute atomic E-state index is 3.64. The Morgan fingerprint density at radius 1 is 1.00 bits per heavy atom. The molecule has 0 aliphatic rings. The second kappa shape index (κ2) is 4.40. The van der Waals surface area contributed by atoms with E-state index in [1.165, 1.54) is 9.76 Å². The summed E-state index contributed by atoms with van der Waals surface area (Å²) in [6.45, 7) is 11.2. The molecule has 0 aromatic carbocycles. The standard InChI is InChI=1S/C7H22N2Si2/c1-6(2)8-11(5,10)9-7(3)4/h6-9H,1-5,10H3. The lowest BCUT2D eigenvalue weighted by Crippen LogP contribution is -2.64. The lowest BCUT2D eigenvalue weighted by molar-refractivity contribution is 0.678. The largest absolute Gasteiger partial charge is 0.326 e. The molecule has 2 N–H and O–H groups in total. The van der Waals surface area contributed by atoms with Gasteiger partial charge in [-0.1, -0.05) is 27.7 Å². The van der Waals surface area contributed by atoms with E-state index in [4.69, 9.17) is 0 Å². The molecule has 0 radical (unpaired) electrons. The molecule has 68 valence electrons. The van der Waals surface area contributed by atoms with Crippen LogP contribution in [0.25, 0.3) is 0 Å². The zero-order valence-electron chi connectivity index (χ0n) is 8.65. The molecule has 0 heterocycles. The Morgan fingerprint density at radius 2 is 1.27 bits per heavy atom. The van der Waals surface area contributed by atoms with E-state index in [-0.39, 0.29) is 0 Å². The van der Waals surface area contributed by atoms with Gasteiger partial charge in [-0.15, -0.1) is 0 Å². The zero-order chi connectivity index (χ0) is 9.07. The molecular formula is C7H22N2Si2. The highest BCUT2D eigenvalue weighted by Gasteiger charge is 2.21. The van der Waals surface area contributed by atoms with Crippen LogP contribution in [0.4, 0.5) is 0 Å². The molecular weight excluding hydrogens is 168 g/mol. The van der Waals surface area contributed by atoms with Gasteiger partial charge in [0, 0.05) is 9.76 Å². The first-order valence-electron chi connectivity index (χ1n) is 4.39. The van der Waals surface area contributed by atoms with Gasteiger partial charge in [0.15, 0.2) is 7.91 Å². The molecule has 0 unspecified atom stereocenters. The molecule has 11 heavy (non-hydrogen) atoms. The van der Waals surface area contributed by atoms with Crippen molar-refractivity contribution in [2.24, 2.45) is 0 Å². The Bertz CT molecular complexity index is 101. The lowest BCUT2D eigenvalue weighted by atomic mass is 10.4. The monoisotopic (exact) mass is 190 g/mol. The van der Waals surface area contributed by atoms with Crippen LogP contribution in [-0.2, 0) is 0 Å². The van der Waals surface area contributed by atoms with Gasteiger partial charge >= 0.3 is 0 Å². The van der Waals surface area contributed by atoms with E-state index < -0.39 is 7.91 Å². The number of hydrogen-bond acceptors (Lipinski definition) is 2. The predicted molar refractivity (Wildman–Crippen MR) is 58.1 cm³/mol. The number of hydrogen-bond donors (Lipinski definition) is 2. The first kappa shape index (κ1) is 11.4. The van der Waals surface area contributed by atoms with Crippen molar-refractivity contribution in [3.05, 3.63) is 0 Å². The summed E-state index contributed by atoms with van der Waals surface area (Å²) in [5, 5.41) is 0. The molecule has 2 nitrogen and oxygen atoms in total. The molecule has 0 bridgehead atoms. The van der Waals surface area contributed by atoms with Gasteiger partial charge in [-0.05, 0) is 18.6 Å². The predicted octanol–water partition coefficient (Wildman–Crippen LogP) is -0.0835. The second-order valence-corrected chi connectivity index (χ2v) is 14.1. The van der Waals surface area contributed by atoms with Gasteiger partial charge in [0.25, 0.3) is 0 Å². The second-order valence-electron chi connectivity index (χ2n) is 4.22. The van der Waals surface area contributed by atoms with Gasteiger partial charge in [-0.2, -0.15) is 0 Å². The van der Waals surface area contributed by atoms with E-state index in [9.17, 15) is 0 Å². The first-order valence-corrected chi connectivity index (χ1v) is 10.4. The summed E-state index contributed by atoms with van der Waals surface area (Å²) in [6.07, 6.45) is 0. The third-order valence-electron chi connectivity index (χ3n) is 1.30. The van der Waals surface area contributed by atoms with Gasteiger partial charge in [0.2, 0.25) is 0 Å². The normalized spacial score (nSPS) is 13.4. The molecule has 0 fully saturated rings. The van der Waals surface area contributed by atoms with Crippen LogP contribution < -0.4 is 9.96 Å². The fraction of sp³-hybridized carbons (Fsp3) is 1.00. The number of nitrogens with one attached hydrogen (secondary N) is 2. The number of rotatable bonds is 4. The molecule has 0 aromatic heterocycles. The van der Waals surface area contributed by atoms with Crippen LogP contribution >= 0.6 is 0 Å². The van der Waals surface area contributed by atoms with Crippen LogP contribution in [0.5, 0.6) is 0 Å². The lowest BCUT2D eigenvalue weighted by Gasteiger charge is -2.29. The average molecular weight is 190 g/mol. The van der Waals surface area contributed by atoms with E-state index in [2.05, 4.69) is 44.2 Å². The molecule has 0 saturated heterocycles. The molecule has 0 saturated carbocycles. The van der Waals surface area contributed by atoms with Gasteiger partial charge in [0.1, 0.15) is 0 Å². The van der Waals surface area contributed by atoms with Crippen molar-refractivity contribution in [1.29, 1.82) is 0 Å². The summed E-state index contributed by atoms with van der Waals surface area (Å²) in [5.74, 6) is 0. The molecule has 0 spiro atoms. The average Bonchev–Trinajstić information content (AvgIpc) is 1.53. The third-order valence-corrected chi connectivity index (χ3v) is 5.63. The zero-order valence-corrected chi connectivity index (χ0v) is 11.7. The van der Waals surface area contributed by atoms with Crippen LogP contribution in [0.15, 0.2) is 0 Å². The maximum Gasteiger partial charge on any atom is 0.172 e. The molecule has 4 heteroatoms. The summed E-state index contributed by atoms with van der Waals surface area (Å²) in [7, 11) is 0.0701. The molecule has 0 atom stereocenters. The van der Waals surface area contributed by atoms with E-state index in [0.29, 0.717) is 12.1 Å². The Morgan fingerprint density at radius 3 is 1.45 bits per heavy atom. The van der Waals surface area contributed by atoms with Gasteiger partial charge in [0.05, 0.1) is 0 Å². The van der Waals surface area contributed by atoms with Crippen molar-refractivity contribution < 1.29 is 0 Å². The van der Waals surface area contributed by atoms with Crippen LogP contribution in [-0.4, -0.2) is 29.8 Å². The van der Waals surface area contributed by atoms with Gasteiger partial charge in [-0.25, -0.2) is 0 Å². The highest BCUT2D eigenvalue weighted by Crippen LogP contribution is 1.91. The van der Waals surface area contributed by atoms with Crippen molar-refractivity contribution in [3.8, 4) is 0 Å². The van der Waals surface area contributed by atoms with E-state index in [1.807, 2.05) is 0 Å². The fourth-order valence-electron chi connectivity index (χ4n) is 1.49. The van der Waals surface area contributed by atoms with Crippen molar-refractivity contribution >= 4 is 17.7 Å². The SMILES string of the molecule is CC(C)N[Si](C)([SiH3])NC(C)C. The molecule has 0 aliphatic heterocycles. The van der Waals surface area contributed by atoms with Crippen LogP contribution in [0.3, 0.4) is 0 Å². The highest BCUT2D eigenvalue weighted by atomic mass is 29.2. The topological polar surface area (TPSA) is 24.1 Å². The van der Waals surface area contributed by atoms with E-state index >= 15 is 0 Å². The van der Waals surface area contributed by atoms with E-state index in [0.717, 1.165) is 0 Å². The molecule has 0 rings (SSSR count). The van der Waals surface area contributed by atoms with Crippen molar-refractivity contribution in [1.82, 2.24) is 9.96 Å². The van der Waals surface area contributed by atoms with Crippen molar-refractivity contribution in [2.45, 2.75) is 46.3 Å². The Balaban J connectivity index is 3.79. The third kappa shape index (κ3) is 6.74. The van der Waals surface area contributed by atoms with Crippen LogP contribution in [0.1, 0.15) is 27.7 Å². The maximum atomic E-state index is 3.64. The quantitative estimate of drug-likeness (QED) is 0.606. The smallest absolute Gasteiger partial charge is 0.172 e. The van der Waals surface area contributed by atoms with Crippen LogP contribution in [0, 0.1) is 0 Å². The molecule has 0 amide bonds. The Kier molecular flexibility index (Phi) is 4.54. The highest BCUT2D eigenvalue weighted by molar-refractivity contribution is 7.13. The van der Waals surface area contributed by atoms with E-state index in [1.54, 1.807) is 0 Å². The Labute approximate surface area is 74.5 Å². The summed E-state index contributed by atoms with van der Waals surface area (Å²) in [5.41, 5.74) is 0. The summed E-state index contributed by atoms with van der Waals surface area (Å²) < 4.78 is 0. The minimum absolute atomic E-state index is 0.621. The summed E-state index contributed by atoms with van der Waals surface area (Å²) in [4.78, 5) is 7.28. The summed E-state index contributed by atoms with van der Waals surface area (Å²) >= 11 is 0. The fourth-order valence-corrected chi connectivity index (χ4v) is 7.92. The van der Waals surface area contributed by atoms with Crippen molar-refractivity contribution in [2.75, 3.05) is 0 Å².